The molecule has 0 spiro atoms. The first-order valence-corrected chi connectivity index (χ1v) is 1.81. The minimum atomic E-state index is 1.75. The van der Waals surface area contributed by atoms with E-state index in [9.17, 15) is 0 Å². The maximum absolute atomic E-state index is 3.78. The van der Waals surface area contributed by atoms with Crippen LogP contribution in [0, 0.1) is 0 Å². The van der Waals surface area contributed by atoms with E-state index in [1.165, 1.54) is 0 Å². The molecule has 0 saturated carbocycles. The molecule has 2 nitrogen and oxygen atoms in total. The van der Waals surface area contributed by atoms with Gasteiger partial charge in [-0.3, -0.25) is 0 Å². The first-order chi connectivity index (χ1) is 2.89. The van der Waals surface area contributed by atoms with Crippen molar-refractivity contribution in [2.45, 2.75) is 0 Å². The van der Waals surface area contributed by atoms with Crippen LogP contribution in [-0.2, 0) is 7.05 Å². The van der Waals surface area contributed by atoms with Crippen molar-refractivity contribution in [1.29, 1.82) is 0 Å². The molecule has 0 amide bonds. The van der Waals surface area contributed by atoms with Crippen LogP contribution in [0.3, 0.4) is 0 Å². The van der Waals surface area contributed by atoms with Crippen molar-refractivity contribution in [2.24, 2.45) is 7.05 Å². The van der Waals surface area contributed by atoms with Gasteiger partial charge in [-0.15, -0.1) is 0 Å². The van der Waals surface area contributed by atoms with Gasteiger partial charge in [0.1, 0.15) is 0 Å². The quantitative estimate of drug-likeness (QED) is 0.420. The van der Waals surface area contributed by atoms with Gasteiger partial charge >= 0.3 is 36.0 Å². The number of aromatic nitrogens is 2. The van der Waals surface area contributed by atoms with Gasteiger partial charge in [-0.05, 0) is 0 Å². The van der Waals surface area contributed by atoms with Crippen molar-refractivity contribution < 1.29 is 0 Å². The molecule has 0 aliphatic carbocycles. The Labute approximate surface area is 37.1 Å². The summed E-state index contributed by atoms with van der Waals surface area (Å²) in [4.78, 5) is 3.78. The molecule has 1 heterocycles. The minimum absolute atomic E-state index is 1.75. The second kappa shape index (κ2) is 1.24. The van der Waals surface area contributed by atoms with Gasteiger partial charge in [0.15, 0.2) is 0 Å². The van der Waals surface area contributed by atoms with Gasteiger partial charge in [-0.1, -0.05) is 0 Å². The van der Waals surface area contributed by atoms with E-state index in [0.29, 0.717) is 0 Å². The Hall–Kier alpha value is -0.595. The molecule has 1 aromatic rings. The fourth-order valence-corrected chi connectivity index (χ4v) is 0.326. The molecule has 0 saturated heterocycles. The van der Waals surface area contributed by atoms with Gasteiger partial charge in [0.2, 0.25) is 0 Å². The standard InChI is InChI=1S/C3H5BN2/c1-6-2-4-5-3-6/h2-3H,1H3. The van der Waals surface area contributed by atoms with Crippen LogP contribution in [0.4, 0.5) is 0 Å². The van der Waals surface area contributed by atoms with E-state index >= 15 is 0 Å². The van der Waals surface area contributed by atoms with Crippen molar-refractivity contribution in [1.82, 2.24) is 9.46 Å². The Morgan fingerprint density at radius 2 is 2.67 bits per heavy atom. The number of nitrogens with zero attached hydrogens (tertiary/aromatic N) is 2. The van der Waals surface area contributed by atoms with Crippen LogP contribution in [-0.4, -0.2) is 16.5 Å². The van der Waals surface area contributed by atoms with Crippen molar-refractivity contribution in [3.8, 4) is 0 Å². The summed E-state index contributed by atoms with van der Waals surface area (Å²) < 4.78 is 1.89. The summed E-state index contributed by atoms with van der Waals surface area (Å²) in [5.41, 5.74) is 0. The van der Waals surface area contributed by atoms with Crippen molar-refractivity contribution >= 4 is 7.05 Å². The van der Waals surface area contributed by atoms with Crippen LogP contribution in [0.25, 0.3) is 0 Å². The van der Waals surface area contributed by atoms with Crippen molar-refractivity contribution in [2.75, 3.05) is 0 Å². The molecule has 0 N–H and O–H groups in total. The molecule has 1 rings (SSSR count). The van der Waals surface area contributed by atoms with Gasteiger partial charge in [-0.25, -0.2) is 0 Å². The maximum atomic E-state index is 3.78. The third kappa shape index (κ3) is 0.480. The van der Waals surface area contributed by atoms with E-state index in [4.69, 9.17) is 0 Å². The molecule has 0 aliphatic heterocycles. The number of rotatable bonds is 0. The fourth-order valence-electron chi connectivity index (χ4n) is 0.326. The predicted octanol–water partition coefficient (Wildman–Crippen LogP) is -0.242. The summed E-state index contributed by atoms with van der Waals surface area (Å²) in [7, 11) is 3.69. The fraction of sp³-hybridized carbons (Fsp3) is 0.333. The molecule has 0 atom stereocenters. The zero-order valence-corrected chi connectivity index (χ0v) is 3.63. The summed E-state index contributed by atoms with van der Waals surface area (Å²) in [5.74, 6) is 0. The molecule has 0 bridgehead atoms. The molecular formula is C3H5BN2. The molecule has 0 unspecified atom stereocenters. The third-order valence-electron chi connectivity index (χ3n) is 0.637. The Kier molecular flexibility index (Phi) is 0.745. The van der Waals surface area contributed by atoms with E-state index in [2.05, 4.69) is 4.89 Å². The van der Waals surface area contributed by atoms with Gasteiger partial charge in [0.25, 0.3) is 0 Å². The van der Waals surface area contributed by atoms with Crippen LogP contribution in [0.15, 0.2) is 12.4 Å². The van der Waals surface area contributed by atoms with Gasteiger partial charge in [0, 0.05) is 0 Å². The van der Waals surface area contributed by atoms with Crippen LogP contribution in [0.5, 0.6) is 0 Å². The van der Waals surface area contributed by atoms with Crippen molar-refractivity contribution in [3.63, 3.8) is 0 Å². The SMILES string of the molecule is Cn1cbnc1. The number of hydrogen-bond donors (Lipinski definition) is 0. The Morgan fingerprint density at radius 1 is 1.83 bits per heavy atom. The first-order valence-electron chi connectivity index (χ1n) is 1.81. The normalized spacial score (nSPS) is 8.17. The van der Waals surface area contributed by atoms with Crippen molar-refractivity contribution in [3.05, 3.63) is 12.4 Å². The molecule has 6 heavy (non-hydrogen) atoms. The molecule has 30 valence electrons. The molecule has 0 aromatic carbocycles. The Bertz CT molecular complexity index is 112. The van der Waals surface area contributed by atoms with Crippen LogP contribution in [0.2, 0.25) is 0 Å². The third-order valence-corrected chi connectivity index (χ3v) is 0.637. The van der Waals surface area contributed by atoms with E-state index in [1.807, 2.05) is 17.7 Å². The van der Waals surface area contributed by atoms with E-state index in [-0.39, 0.29) is 0 Å². The molecular weight excluding hydrogens is 74.9 g/mol. The Morgan fingerprint density at radius 3 is 2.83 bits per heavy atom. The monoisotopic (exact) mass is 80.1 g/mol. The van der Waals surface area contributed by atoms with Crippen LogP contribution >= 0.6 is 0 Å². The molecule has 0 radical (unpaired) electrons. The van der Waals surface area contributed by atoms with E-state index in [1.54, 1.807) is 13.4 Å². The van der Waals surface area contributed by atoms with E-state index in [0.717, 1.165) is 0 Å². The summed E-state index contributed by atoms with van der Waals surface area (Å²) in [6, 6.07) is 0. The molecule has 1 aromatic heterocycles. The van der Waals surface area contributed by atoms with Gasteiger partial charge < -0.3 is 0 Å². The van der Waals surface area contributed by atoms with E-state index < -0.39 is 0 Å². The topological polar surface area (TPSA) is 17.8 Å². The second-order valence-electron chi connectivity index (χ2n) is 1.23. The number of aryl methyl sites for hydroxylation is 1. The van der Waals surface area contributed by atoms with Crippen LogP contribution in [0.1, 0.15) is 0 Å². The molecule has 3 heteroatoms. The second-order valence-corrected chi connectivity index (χ2v) is 1.23. The summed E-state index contributed by atoms with van der Waals surface area (Å²) >= 11 is 0. The van der Waals surface area contributed by atoms with Gasteiger partial charge in [-0.2, -0.15) is 0 Å². The van der Waals surface area contributed by atoms with Gasteiger partial charge in [0.05, 0.1) is 0 Å². The molecule has 0 fully saturated rings. The predicted molar refractivity (Wildman–Crippen MR) is 24.6 cm³/mol. The average molecular weight is 79.9 g/mol. The first kappa shape index (κ1) is 3.59. The zero-order valence-electron chi connectivity index (χ0n) is 3.63. The average Bonchev–Trinajstić information content (AvgIpc) is 1.86. The van der Waals surface area contributed by atoms with Crippen LogP contribution < -0.4 is 0 Å². The zero-order chi connectivity index (χ0) is 4.41. The summed E-state index contributed by atoms with van der Waals surface area (Å²) in [5, 5.41) is 0. The summed E-state index contributed by atoms with van der Waals surface area (Å²) in [6.45, 7) is 0. The number of hydrogen-bond acceptors (Lipinski definition) is 1. The summed E-state index contributed by atoms with van der Waals surface area (Å²) in [6.07, 6.45) is 3.64. The Balaban J connectivity index is 3.05. The molecule has 0 aliphatic rings.